The van der Waals surface area contributed by atoms with Gasteiger partial charge in [0.15, 0.2) is 0 Å². The standard InChI is InChI=1S/C24H31FN2O/c25-21-8-6-20(7-9-21)10-16-26-17-13-23(22-5-1-4-15-27-22)14-18-28-24(19-23)11-2-3-12-24/h1,4-9,15,26H,2-3,10-14,16-19H2/t23-/m1/s1. The van der Waals surface area contributed by atoms with Gasteiger partial charge in [0, 0.05) is 23.9 Å². The van der Waals surface area contributed by atoms with E-state index >= 15 is 0 Å². The summed E-state index contributed by atoms with van der Waals surface area (Å²) in [5.74, 6) is -0.172. The third kappa shape index (κ3) is 4.44. The largest absolute Gasteiger partial charge is 0.375 e. The number of hydrogen-bond acceptors (Lipinski definition) is 3. The van der Waals surface area contributed by atoms with Gasteiger partial charge in [0.05, 0.1) is 5.60 Å². The molecule has 1 saturated carbocycles. The molecule has 4 rings (SSSR count). The van der Waals surface area contributed by atoms with Crippen molar-refractivity contribution in [3.63, 3.8) is 0 Å². The van der Waals surface area contributed by atoms with Crippen molar-refractivity contribution in [2.45, 2.75) is 62.4 Å². The first-order valence-electron chi connectivity index (χ1n) is 10.7. The third-order valence-electron chi connectivity index (χ3n) is 6.66. The van der Waals surface area contributed by atoms with Gasteiger partial charge in [-0.25, -0.2) is 4.39 Å². The molecule has 0 amide bonds. The summed E-state index contributed by atoms with van der Waals surface area (Å²) in [7, 11) is 0. The van der Waals surface area contributed by atoms with Gasteiger partial charge >= 0.3 is 0 Å². The summed E-state index contributed by atoms with van der Waals surface area (Å²) in [5.41, 5.74) is 2.57. The SMILES string of the molecule is Fc1ccc(CCNCC[C@@]2(c3ccccn3)CCOC3(CCCC3)C2)cc1. The van der Waals surface area contributed by atoms with Crippen molar-refractivity contribution < 1.29 is 9.13 Å². The van der Waals surface area contributed by atoms with E-state index in [1.165, 1.54) is 49.1 Å². The molecule has 150 valence electrons. The molecule has 2 fully saturated rings. The summed E-state index contributed by atoms with van der Waals surface area (Å²) in [5, 5.41) is 3.61. The molecule has 1 aliphatic heterocycles. The van der Waals surface area contributed by atoms with Crippen molar-refractivity contribution >= 4 is 0 Å². The van der Waals surface area contributed by atoms with Gasteiger partial charge in [-0.05, 0) is 81.4 Å². The third-order valence-corrected chi connectivity index (χ3v) is 6.66. The average molecular weight is 383 g/mol. The maximum Gasteiger partial charge on any atom is 0.123 e. The fraction of sp³-hybridized carbons (Fsp3) is 0.542. The van der Waals surface area contributed by atoms with E-state index < -0.39 is 0 Å². The quantitative estimate of drug-likeness (QED) is 0.698. The predicted molar refractivity (Wildman–Crippen MR) is 110 cm³/mol. The molecule has 2 aliphatic rings. The molecule has 0 unspecified atom stereocenters. The highest BCUT2D eigenvalue weighted by molar-refractivity contribution is 5.21. The molecule has 1 aromatic heterocycles. The van der Waals surface area contributed by atoms with E-state index in [0.717, 1.165) is 45.4 Å². The normalized spacial score (nSPS) is 23.9. The smallest absolute Gasteiger partial charge is 0.123 e. The maximum absolute atomic E-state index is 13.0. The van der Waals surface area contributed by atoms with Crippen LogP contribution in [0.3, 0.4) is 0 Å². The number of benzene rings is 1. The van der Waals surface area contributed by atoms with Crippen LogP contribution in [-0.4, -0.2) is 30.3 Å². The van der Waals surface area contributed by atoms with Gasteiger partial charge < -0.3 is 10.1 Å². The fourth-order valence-electron chi connectivity index (χ4n) is 5.13. The van der Waals surface area contributed by atoms with Crippen LogP contribution >= 0.6 is 0 Å². The lowest BCUT2D eigenvalue weighted by molar-refractivity contribution is -0.104. The van der Waals surface area contributed by atoms with Gasteiger partial charge in [-0.3, -0.25) is 4.98 Å². The minimum atomic E-state index is -0.172. The molecular formula is C24H31FN2O. The average Bonchev–Trinajstić information content (AvgIpc) is 3.17. The van der Waals surface area contributed by atoms with Gasteiger partial charge in [-0.15, -0.1) is 0 Å². The molecule has 3 nitrogen and oxygen atoms in total. The summed E-state index contributed by atoms with van der Waals surface area (Å²) >= 11 is 0. The molecule has 1 saturated heterocycles. The van der Waals surface area contributed by atoms with Crippen LogP contribution in [0.2, 0.25) is 0 Å². The first kappa shape index (κ1) is 19.5. The lowest BCUT2D eigenvalue weighted by atomic mass is 9.68. The van der Waals surface area contributed by atoms with E-state index in [9.17, 15) is 4.39 Å². The highest BCUT2D eigenvalue weighted by Gasteiger charge is 2.48. The van der Waals surface area contributed by atoms with Gasteiger partial charge in [-0.1, -0.05) is 31.0 Å². The van der Waals surface area contributed by atoms with Crippen LogP contribution in [0.5, 0.6) is 0 Å². The number of rotatable bonds is 7. The van der Waals surface area contributed by atoms with Crippen LogP contribution < -0.4 is 5.32 Å². The molecule has 1 atom stereocenters. The Kier molecular flexibility index (Phi) is 6.07. The van der Waals surface area contributed by atoms with Gasteiger partial charge in [0.25, 0.3) is 0 Å². The zero-order chi connectivity index (χ0) is 19.3. The molecular weight excluding hydrogens is 351 g/mol. The molecule has 2 aromatic rings. The Morgan fingerprint density at radius 2 is 1.82 bits per heavy atom. The second-order valence-electron chi connectivity index (χ2n) is 8.54. The Morgan fingerprint density at radius 1 is 1.00 bits per heavy atom. The van der Waals surface area contributed by atoms with Gasteiger partial charge in [0.2, 0.25) is 0 Å². The van der Waals surface area contributed by atoms with Crippen LogP contribution in [0.4, 0.5) is 4.39 Å². The monoisotopic (exact) mass is 382 g/mol. The Balaban J connectivity index is 1.38. The molecule has 1 N–H and O–H groups in total. The molecule has 28 heavy (non-hydrogen) atoms. The molecule has 1 aromatic carbocycles. The van der Waals surface area contributed by atoms with Crippen LogP contribution in [0.1, 0.15) is 56.2 Å². The topological polar surface area (TPSA) is 34.2 Å². The van der Waals surface area contributed by atoms with Crippen molar-refractivity contribution in [1.82, 2.24) is 10.3 Å². The van der Waals surface area contributed by atoms with Crippen LogP contribution in [0.25, 0.3) is 0 Å². The van der Waals surface area contributed by atoms with Crippen molar-refractivity contribution in [3.05, 3.63) is 65.7 Å². The predicted octanol–water partition coefficient (Wildman–Crippen LogP) is 4.80. The van der Waals surface area contributed by atoms with Crippen LogP contribution in [0.15, 0.2) is 48.7 Å². The number of nitrogens with one attached hydrogen (secondary N) is 1. The van der Waals surface area contributed by atoms with Crippen LogP contribution in [-0.2, 0) is 16.6 Å². The minimum Gasteiger partial charge on any atom is -0.375 e. The first-order valence-corrected chi connectivity index (χ1v) is 10.7. The maximum atomic E-state index is 13.0. The zero-order valence-corrected chi connectivity index (χ0v) is 16.6. The minimum absolute atomic E-state index is 0.0733. The highest BCUT2D eigenvalue weighted by atomic mass is 19.1. The summed E-state index contributed by atoms with van der Waals surface area (Å²) in [6.45, 7) is 2.71. The number of halogens is 1. The zero-order valence-electron chi connectivity index (χ0n) is 16.6. The molecule has 0 bridgehead atoms. The lowest BCUT2D eigenvalue weighted by Crippen LogP contribution is -2.47. The summed E-state index contributed by atoms with van der Waals surface area (Å²) in [4.78, 5) is 4.77. The van der Waals surface area contributed by atoms with Gasteiger partial charge in [-0.2, -0.15) is 0 Å². The van der Waals surface area contributed by atoms with E-state index in [2.05, 4.69) is 17.4 Å². The molecule has 1 aliphatic carbocycles. The number of pyridine rings is 1. The Labute approximate surface area is 167 Å². The van der Waals surface area contributed by atoms with E-state index in [1.807, 2.05) is 24.4 Å². The number of nitrogens with zero attached hydrogens (tertiary/aromatic N) is 1. The second kappa shape index (κ2) is 8.71. The highest BCUT2D eigenvalue weighted by Crippen LogP contribution is 2.49. The molecule has 0 radical (unpaired) electrons. The fourth-order valence-corrected chi connectivity index (χ4v) is 5.13. The molecule has 1 spiro atoms. The number of hydrogen-bond donors (Lipinski definition) is 1. The molecule has 4 heteroatoms. The first-order chi connectivity index (χ1) is 13.7. The number of aromatic nitrogens is 1. The summed E-state index contributed by atoms with van der Waals surface area (Å²) in [6, 6.07) is 13.1. The van der Waals surface area contributed by atoms with Gasteiger partial charge in [0.1, 0.15) is 5.82 Å². The van der Waals surface area contributed by atoms with Crippen molar-refractivity contribution in [1.29, 1.82) is 0 Å². The Hall–Kier alpha value is -1.78. The molecule has 2 heterocycles. The number of ether oxygens (including phenoxy) is 1. The Morgan fingerprint density at radius 3 is 2.57 bits per heavy atom. The van der Waals surface area contributed by atoms with Crippen molar-refractivity contribution in [2.24, 2.45) is 0 Å². The Bertz CT molecular complexity index is 743. The van der Waals surface area contributed by atoms with E-state index in [4.69, 9.17) is 9.72 Å². The summed E-state index contributed by atoms with van der Waals surface area (Å²) in [6.07, 6.45) is 11.0. The van der Waals surface area contributed by atoms with E-state index in [1.54, 1.807) is 0 Å². The lowest BCUT2D eigenvalue weighted by Gasteiger charge is -2.46. The van der Waals surface area contributed by atoms with E-state index in [-0.39, 0.29) is 16.8 Å². The van der Waals surface area contributed by atoms with Crippen molar-refractivity contribution in [3.8, 4) is 0 Å². The summed E-state index contributed by atoms with van der Waals surface area (Å²) < 4.78 is 19.4. The van der Waals surface area contributed by atoms with Crippen molar-refractivity contribution in [2.75, 3.05) is 19.7 Å². The van der Waals surface area contributed by atoms with E-state index in [0.29, 0.717) is 0 Å². The van der Waals surface area contributed by atoms with Crippen LogP contribution in [0, 0.1) is 5.82 Å². The second-order valence-corrected chi connectivity index (χ2v) is 8.54.